The molecule has 0 spiro atoms. The van der Waals surface area contributed by atoms with Crippen LogP contribution in [0, 0.1) is 0 Å². The monoisotopic (exact) mass is 558 g/mol. The lowest BCUT2D eigenvalue weighted by Crippen LogP contribution is -2.48. The van der Waals surface area contributed by atoms with Crippen molar-refractivity contribution in [1.82, 2.24) is 14.3 Å². The minimum absolute atomic E-state index is 0.00401. The molecule has 4 rings (SSSR count). The van der Waals surface area contributed by atoms with Gasteiger partial charge >= 0.3 is 6.03 Å². The number of urea groups is 1. The van der Waals surface area contributed by atoms with Gasteiger partial charge in [-0.3, -0.25) is 9.69 Å². The third-order valence-electron chi connectivity index (χ3n) is 6.09. The van der Waals surface area contributed by atoms with Crippen LogP contribution in [-0.2, 0) is 33.1 Å². The number of sulfonamides is 2. The Hall–Kier alpha value is -3.94. The minimum atomic E-state index is -4.32. The Morgan fingerprint density at radius 1 is 0.974 bits per heavy atom. The van der Waals surface area contributed by atoms with Gasteiger partial charge < -0.3 is 10.1 Å². The zero-order valence-corrected chi connectivity index (χ0v) is 22.5. The van der Waals surface area contributed by atoms with E-state index >= 15 is 0 Å². The van der Waals surface area contributed by atoms with Crippen LogP contribution < -0.4 is 19.7 Å². The van der Waals surface area contributed by atoms with Crippen molar-refractivity contribution in [2.75, 3.05) is 26.1 Å². The number of ether oxygens (including phenoxy) is 1. The Labute approximate surface area is 221 Å². The number of carbonyl (C=O) groups excluding carboxylic acids is 2. The highest BCUT2D eigenvalue weighted by Crippen LogP contribution is 2.35. The molecule has 0 fully saturated rings. The third-order valence-corrected chi connectivity index (χ3v) is 9.27. The highest BCUT2D eigenvalue weighted by atomic mass is 32.2. The SMILES string of the molecule is CNS(=O)(=O)c1ccc(CN2C(=O)N(C)c3ccc(C(=O)NCc4ccc(OC)cc4)cc3S2(=O)=O)cc1. The number of nitrogens with zero attached hydrogens (tertiary/aromatic N) is 2. The lowest BCUT2D eigenvalue weighted by molar-refractivity contribution is 0.0950. The second-order valence-electron chi connectivity index (χ2n) is 8.42. The van der Waals surface area contributed by atoms with Crippen molar-refractivity contribution in [3.05, 3.63) is 83.4 Å². The summed E-state index contributed by atoms with van der Waals surface area (Å²) in [5, 5.41) is 2.76. The highest BCUT2D eigenvalue weighted by Gasteiger charge is 2.40. The van der Waals surface area contributed by atoms with E-state index in [1.165, 1.54) is 61.5 Å². The Kier molecular flexibility index (Phi) is 7.44. The maximum absolute atomic E-state index is 13.5. The Bertz CT molecular complexity index is 1590. The average molecular weight is 559 g/mol. The van der Waals surface area contributed by atoms with Crippen LogP contribution in [0.3, 0.4) is 0 Å². The van der Waals surface area contributed by atoms with Crippen LogP contribution >= 0.6 is 0 Å². The number of methoxy groups -OCH3 is 1. The number of hydrogen-bond acceptors (Lipinski definition) is 7. The Morgan fingerprint density at radius 2 is 1.61 bits per heavy atom. The molecule has 1 aliphatic rings. The summed E-state index contributed by atoms with van der Waals surface area (Å²) in [5.41, 5.74) is 1.50. The van der Waals surface area contributed by atoms with Crippen LogP contribution in [-0.4, -0.2) is 54.3 Å². The van der Waals surface area contributed by atoms with Crippen molar-refractivity contribution in [3.63, 3.8) is 0 Å². The summed E-state index contributed by atoms with van der Waals surface area (Å²) in [7, 11) is -3.71. The summed E-state index contributed by atoms with van der Waals surface area (Å²) < 4.78 is 58.9. The second-order valence-corrected chi connectivity index (χ2v) is 12.1. The van der Waals surface area contributed by atoms with E-state index in [1.807, 2.05) is 0 Å². The van der Waals surface area contributed by atoms with Gasteiger partial charge in [-0.25, -0.2) is 30.7 Å². The standard InChI is InChI=1S/C25H26N4O7S2/c1-26-37(32,33)21-11-6-18(7-12-21)16-29-25(31)28(2)22-13-8-19(14-23(22)38(29,34)35)24(30)27-15-17-4-9-20(36-3)10-5-17/h4-14,26H,15-16H2,1-3H3,(H,27,30). The maximum Gasteiger partial charge on any atom is 0.338 e. The molecule has 1 aliphatic heterocycles. The molecule has 0 aliphatic carbocycles. The van der Waals surface area contributed by atoms with E-state index in [0.29, 0.717) is 15.6 Å². The molecule has 2 N–H and O–H groups in total. The van der Waals surface area contributed by atoms with E-state index in [2.05, 4.69) is 10.0 Å². The van der Waals surface area contributed by atoms with E-state index in [-0.39, 0.29) is 34.1 Å². The molecule has 3 aromatic carbocycles. The summed E-state index contributed by atoms with van der Waals surface area (Å²) in [6, 6.07) is 16.0. The summed E-state index contributed by atoms with van der Waals surface area (Å²) >= 11 is 0. The number of rotatable bonds is 8. The first-order chi connectivity index (χ1) is 18.0. The zero-order chi connectivity index (χ0) is 27.7. The third kappa shape index (κ3) is 5.21. The molecule has 0 unspecified atom stereocenters. The number of benzene rings is 3. The van der Waals surface area contributed by atoms with E-state index in [0.717, 1.165) is 5.56 Å². The second kappa shape index (κ2) is 10.4. The number of fused-ring (bicyclic) bond motifs is 1. The van der Waals surface area contributed by atoms with Crippen LogP contribution in [0.5, 0.6) is 5.75 Å². The number of anilines is 1. The molecule has 0 atom stereocenters. The largest absolute Gasteiger partial charge is 0.497 e. The van der Waals surface area contributed by atoms with Crippen molar-refractivity contribution in [2.24, 2.45) is 0 Å². The normalized spacial score (nSPS) is 14.7. The fourth-order valence-electron chi connectivity index (χ4n) is 3.87. The first-order valence-electron chi connectivity index (χ1n) is 11.4. The van der Waals surface area contributed by atoms with Crippen molar-refractivity contribution in [3.8, 4) is 5.75 Å². The number of nitrogens with one attached hydrogen (secondary N) is 2. The highest BCUT2D eigenvalue weighted by molar-refractivity contribution is 7.90. The molecule has 0 radical (unpaired) electrons. The minimum Gasteiger partial charge on any atom is -0.497 e. The average Bonchev–Trinajstić information content (AvgIpc) is 2.93. The number of hydrogen-bond donors (Lipinski definition) is 2. The van der Waals surface area contributed by atoms with Gasteiger partial charge in [0.05, 0.1) is 24.2 Å². The number of amides is 3. The zero-order valence-electron chi connectivity index (χ0n) is 20.8. The fraction of sp³-hybridized carbons (Fsp3) is 0.200. The Morgan fingerprint density at radius 3 is 2.21 bits per heavy atom. The first-order valence-corrected chi connectivity index (χ1v) is 14.3. The topological polar surface area (TPSA) is 142 Å². The Balaban J connectivity index is 1.57. The molecule has 0 saturated heterocycles. The van der Waals surface area contributed by atoms with Crippen LogP contribution in [0.1, 0.15) is 21.5 Å². The quantitative estimate of drug-likeness (QED) is 0.432. The summed E-state index contributed by atoms with van der Waals surface area (Å²) in [6.07, 6.45) is 0. The van der Waals surface area contributed by atoms with Gasteiger partial charge in [0.15, 0.2) is 0 Å². The van der Waals surface area contributed by atoms with Gasteiger partial charge in [0.2, 0.25) is 10.0 Å². The van der Waals surface area contributed by atoms with Crippen molar-refractivity contribution < 1.29 is 31.2 Å². The van der Waals surface area contributed by atoms with Gasteiger partial charge in [-0.05, 0) is 60.6 Å². The lowest BCUT2D eigenvalue weighted by atomic mass is 10.1. The molecule has 1 heterocycles. The predicted octanol–water partition coefficient (Wildman–Crippen LogP) is 2.29. The molecule has 11 nitrogen and oxygen atoms in total. The van der Waals surface area contributed by atoms with Crippen LogP contribution in [0.2, 0.25) is 0 Å². The van der Waals surface area contributed by atoms with E-state index in [1.54, 1.807) is 31.4 Å². The van der Waals surface area contributed by atoms with E-state index in [9.17, 15) is 26.4 Å². The molecule has 200 valence electrons. The summed E-state index contributed by atoms with van der Waals surface area (Å²) in [5.74, 6) is 0.202. The maximum atomic E-state index is 13.5. The fourth-order valence-corrected chi connectivity index (χ4v) is 6.23. The van der Waals surface area contributed by atoms with Crippen LogP contribution in [0.4, 0.5) is 10.5 Å². The van der Waals surface area contributed by atoms with Gasteiger partial charge in [-0.15, -0.1) is 0 Å². The molecule has 0 aromatic heterocycles. The van der Waals surface area contributed by atoms with E-state index < -0.39 is 32.0 Å². The van der Waals surface area contributed by atoms with E-state index in [4.69, 9.17) is 4.74 Å². The van der Waals surface area contributed by atoms with Crippen molar-refractivity contribution >= 4 is 37.7 Å². The van der Waals surface area contributed by atoms with Gasteiger partial charge in [0, 0.05) is 19.2 Å². The van der Waals surface area contributed by atoms with Gasteiger partial charge in [0.1, 0.15) is 10.6 Å². The molecule has 3 amide bonds. The van der Waals surface area contributed by atoms with Gasteiger partial charge in [-0.2, -0.15) is 0 Å². The van der Waals surface area contributed by atoms with Crippen molar-refractivity contribution in [1.29, 1.82) is 0 Å². The summed E-state index contributed by atoms with van der Waals surface area (Å²) in [6.45, 7) is -0.102. The number of carbonyl (C=O) groups is 2. The van der Waals surface area contributed by atoms with Gasteiger partial charge in [-0.1, -0.05) is 24.3 Å². The first kappa shape index (κ1) is 27.1. The molecule has 0 bridgehead atoms. The predicted molar refractivity (Wildman–Crippen MR) is 140 cm³/mol. The molecule has 38 heavy (non-hydrogen) atoms. The van der Waals surface area contributed by atoms with Crippen LogP contribution in [0.25, 0.3) is 0 Å². The van der Waals surface area contributed by atoms with Crippen LogP contribution in [0.15, 0.2) is 76.5 Å². The molecular weight excluding hydrogens is 532 g/mol. The molecular formula is C25H26N4O7S2. The van der Waals surface area contributed by atoms with Crippen molar-refractivity contribution in [2.45, 2.75) is 22.9 Å². The van der Waals surface area contributed by atoms with Gasteiger partial charge in [0.25, 0.3) is 15.9 Å². The molecule has 13 heteroatoms. The lowest BCUT2D eigenvalue weighted by Gasteiger charge is -2.34. The smallest absolute Gasteiger partial charge is 0.338 e. The molecule has 3 aromatic rings. The summed E-state index contributed by atoms with van der Waals surface area (Å²) in [4.78, 5) is 26.8. The molecule has 0 saturated carbocycles.